The number of aromatic nitrogens is 3. The highest BCUT2D eigenvalue weighted by molar-refractivity contribution is 7.99. The van der Waals surface area contributed by atoms with Gasteiger partial charge in [-0.2, -0.15) is 5.10 Å². The molecule has 17 heavy (non-hydrogen) atoms. The summed E-state index contributed by atoms with van der Waals surface area (Å²) in [5.74, 6) is 0.801. The third-order valence-electron chi connectivity index (χ3n) is 2.57. The minimum atomic E-state index is 0.0253. The van der Waals surface area contributed by atoms with Crippen LogP contribution in [0.25, 0.3) is 0 Å². The second-order valence-corrected chi connectivity index (χ2v) is 4.98. The van der Waals surface area contributed by atoms with Crippen LogP contribution in [-0.4, -0.2) is 20.5 Å². The average Bonchev–Trinajstić information content (AvgIpc) is 2.73. The van der Waals surface area contributed by atoms with Crippen molar-refractivity contribution in [2.24, 2.45) is 12.8 Å². The molecule has 90 valence electrons. The van der Waals surface area contributed by atoms with Gasteiger partial charge in [-0.3, -0.25) is 0 Å². The molecule has 0 fully saturated rings. The molecule has 0 amide bonds. The zero-order chi connectivity index (χ0) is 12.3. The molecule has 1 unspecified atom stereocenters. The first-order chi connectivity index (χ1) is 8.16. The van der Waals surface area contributed by atoms with E-state index in [2.05, 4.69) is 41.3 Å². The van der Waals surface area contributed by atoms with Gasteiger partial charge in [0, 0.05) is 18.8 Å². The summed E-state index contributed by atoms with van der Waals surface area (Å²) < 4.78 is 1.76. The molecule has 1 aromatic carbocycles. The fourth-order valence-electron chi connectivity index (χ4n) is 1.49. The number of benzene rings is 1. The summed E-state index contributed by atoms with van der Waals surface area (Å²) in [6, 6.07) is 8.36. The van der Waals surface area contributed by atoms with Crippen LogP contribution in [0.2, 0.25) is 0 Å². The van der Waals surface area contributed by atoms with Gasteiger partial charge in [0.1, 0.15) is 6.33 Å². The van der Waals surface area contributed by atoms with Crippen LogP contribution in [0.5, 0.6) is 0 Å². The van der Waals surface area contributed by atoms with Gasteiger partial charge in [-0.1, -0.05) is 41.6 Å². The SMILES string of the molecule is Cc1ccc(C(N)CSc2ncnn2C)cc1. The van der Waals surface area contributed by atoms with E-state index in [-0.39, 0.29) is 6.04 Å². The van der Waals surface area contributed by atoms with Gasteiger partial charge in [0.25, 0.3) is 0 Å². The van der Waals surface area contributed by atoms with Gasteiger partial charge in [0.15, 0.2) is 5.16 Å². The summed E-state index contributed by atoms with van der Waals surface area (Å²) in [5, 5.41) is 4.92. The Morgan fingerprint density at radius 3 is 2.65 bits per heavy atom. The van der Waals surface area contributed by atoms with Crippen molar-refractivity contribution in [3.8, 4) is 0 Å². The number of nitrogens with two attached hydrogens (primary N) is 1. The first kappa shape index (κ1) is 12.1. The van der Waals surface area contributed by atoms with Crippen LogP contribution in [0.4, 0.5) is 0 Å². The Bertz CT molecular complexity index is 478. The van der Waals surface area contributed by atoms with Gasteiger partial charge >= 0.3 is 0 Å². The summed E-state index contributed by atoms with van der Waals surface area (Å²) in [5.41, 5.74) is 8.54. The van der Waals surface area contributed by atoms with E-state index in [0.717, 1.165) is 16.5 Å². The van der Waals surface area contributed by atoms with E-state index in [1.165, 1.54) is 5.56 Å². The Balaban J connectivity index is 1.95. The number of aryl methyl sites for hydroxylation is 2. The van der Waals surface area contributed by atoms with Crippen molar-refractivity contribution >= 4 is 11.8 Å². The maximum absolute atomic E-state index is 6.13. The monoisotopic (exact) mass is 248 g/mol. The minimum Gasteiger partial charge on any atom is -0.323 e. The summed E-state index contributed by atoms with van der Waals surface area (Å²) in [6.07, 6.45) is 1.56. The third kappa shape index (κ3) is 3.08. The smallest absolute Gasteiger partial charge is 0.185 e. The summed E-state index contributed by atoms with van der Waals surface area (Å²) in [4.78, 5) is 4.15. The van der Waals surface area contributed by atoms with Crippen LogP contribution in [0.1, 0.15) is 17.2 Å². The lowest BCUT2D eigenvalue weighted by Gasteiger charge is -2.11. The molecule has 1 atom stereocenters. The van der Waals surface area contributed by atoms with Crippen LogP contribution in [-0.2, 0) is 7.05 Å². The van der Waals surface area contributed by atoms with Gasteiger partial charge in [-0.05, 0) is 12.5 Å². The van der Waals surface area contributed by atoms with Crippen molar-refractivity contribution in [3.05, 3.63) is 41.7 Å². The molecule has 5 heteroatoms. The van der Waals surface area contributed by atoms with Crippen molar-refractivity contribution in [3.63, 3.8) is 0 Å². The third-order valence-corrected chi connectivity index (χ3v) is 3.72. The molecule has 4 nitrogen and oxygen atoms in total. The standard InChI is InChI=1S/C12H16N4S/c1-9-3-5-10(6-4-9)11(13)7-17-12-14-8-15-16(12)2/h3-6,8,11H,7,13H2,1-2H3. The van der Waals surface area contributed by atoms with E-state index in [9.17, 15) is 0 Å². The number of rotatable bonds is 4. The predicted octanol–water partition coefficient (Wildman–Crippen LogP) is 1.92. The molecule has 0 aliphatic carbocycles. The molecule has 0 saturated carbocycles. The van der Waals surface area contributed by atoms with Crippen LogP contribution in [0.3, 0.4) is 0 Å². The topological polar surface area (TPSA) is 56.7 Å². The molecule has 0 spiro atoms. The van der Waals surface area contributed by atoms with Crippen molar-refractivity contribution in [1.82, 2.24) is 14.8 Å². The van der Waals surface area contributed by atoms with Crippen LogP contribution >= 0.6 is 11.8 Å². The lowest BCUT2D eigenvalue weighted by molar-refractivity contribution is 0.683. The van der Waals surface area contributed by atoms with Crippen molar-refractivity contribution in [1.29, 1.82) is 0 Å². The first-order valence-corrected chi connectivity index (χ1v) is 6.44. The second kappa shape index (κ2) is 5.33. The lowest BCUT2D eigenvalue weighted by Crippen LogP contribution is -2.13. The lowest BCUT2D eigenvalue weighted by atomic mass is 10.1. The normalized spacial score (nSPS) is 12.6. The van der Waals surface area contributed by atoms with Crippen LogP contribution < -0.4 is 5.73 Å². The highest BCUT2D eigenvalue weighted by Gasteiger charge is 2.08. The molecule has 1 aromatic heterocycles. The van der Waals surface area contributed by atoms with Gasteiger partial charge in [0.2, 0.25) is 0 Å². The van der Waals surface area contributed by atoms with Gasteiger partial charge in [-0.25, -0.2) is 9.67 Å². The summed E-state index contributed by atoms with van der Waals surface area (Å²) in [6.45, 7) is 2.07. The molecule has 0 radical (unpaired) electrons. The molecule has 0 bridgehead atoms. The number of hydrogen-bond acceptors (Lipinski definition) is 4. The van der Waals surface area contributed by atoms with E-state index in [1.807, 2.05) is 7.05 Å². The number of hydrogen-bond donors (Lipinski definition) is 1. The average molecular weight is 248 g/mol. The highest BCUT2D eigenvalue weighted by Crippen LogP contribution is 2.21. The maximum Gasteiger partial charge on any atom is 0.185 e. The van der Waals surface area contributed by atoms with Crippen molar-refractivity contribution in [2.75, 3.05) is 5.75 Å². The van der Waals surface area contributed by atoms with Gasteiger partial charge in [0.05, 0.1) is 0 Å². The maximum atomic E-state index is 6.13. The Hall–Kier alpha value is -1.33. The van der Waals surface area contributed by atoms with E-state index in [0.29, 0.717) is 0 Å². The Morgan fingerprint density at radius 2 is 2.06 bits per heavy atom. The second-order valence-electron chi connectivity index (χ2n) is 3.99. The predicted molar refractivity (Wildman–Crippen MR) is 69.8 cm³/mol. The molecule has 1 heterocycles. The number of nitrogens with zero attached hydrogens (tertiary/aromatic N) is 3. The van der Waals surface area contributed by atoms with Crippen LogP contribution in [0, 0.1) is 6.92 Å². The Kier molecular flexibility index (Phi) is 3.81. The minimum absolute atomic E-state index is 0.0253. The van der Waals surface area contributed by atoms with E-state index < -0.39 is 0 Å². The van der Waals surface area contributed by atoms with Gasteiger partial charge < -0.3 is 5.73 Å². The van der Waals surface area contributed by atoms with E-state index in [1.54, 1.807) is 22.8 Å². The zero-order valence-electron chi connectivity index (χ0n) is 10.00. The molecule has 2 aromatic rings. The molecule has 2 N–H and O–H groups in total. The Morgan fingerprint density at radius 1 is 1.35 bits per heavy atom. The van der Waals surface area contributed by atoms with Crippen LogP contribution in [0.15, 0.2) is 35.7 Å². The molecular formula is C12H16N4S. The zero-order valence-corrected chi connectivity index (χ0v) is 10.8. The molecule has 2 rings (SSSR count). The van der Waals surface area contributed by atoms with Crippen molar-refractivity contribution in [2.45, 2.75) is 18.1 Å². The van der Waals surface area contributed by atoms with E-state index in [4.69, 9.17) is 5.73 Å². The quantitative estimate of drug-likeness (QED) is 0.840. The molecule has 0 aliphatic rings. The fraction of sp³-hybridized carbons (Fsp3) is 0.333. The molecular weight excluding hydrogens is 232 g/mol. The summed E-state index contributed by atoms with van der Waals surface area (Å²) >= 11 is 1.63. The highest BCUT2D eigenvalue weighted by atomic mass is 32.2. The first-order valence-electron chi connectivity index (χ1n) is 5.46. The summed E-state index contributed by atoms with van der Waals surface area (Å²) in [7, 11) is 1.88. The molecule has 0 aliphatic heterocycles. The number of thioether (sulfide) groups is 1. The van der Waals surface area contributed by atoms with Gasteiger partial charge in [-0.15, -0.1) is 0 Å². The van der Waals surface area contributed by atoms with Crippen molar-refractivity contribution < 1.29 is 0 Å². The van der Waals surface area contributed by atoms with E-state index >= 15 is 0 Å². The largest absolute Gasteiger partial charge is 0.323 e. The fourth-order valence-corrected chi connectivity index (χ4v) is 2.37. The Labute approximate surface area is 105 Å². The molecule has 0 saturated heterocycles.